The Hall–Kier alpha value is 0.200. The molecule has 1 nitrogen and oxygen atoms in total. The van der Waals surface area contributed by atoms with Crippen LogP contribution in [-0.2, 0) is 0 Å². The average molecular weight is 195 g/mol. The summed E-state index contributed by atoms with van der Waals surface area (Å²) in [6.07, 6.45) is 0. The van der Waals surface area contributed by atoms with Crippen molar-refractivity contribution in [3.05, 3.63) is 14.0 Å². The fourth-order valence-corrected chi connectivity index (χ4v) is 1.83. The number of hydrogen-bond donors (Lipinski definition) is 0. The molecule has 0 aliphatic carbocycles. The summed E-state index contributed by atoms with van der Waals surface area (Å²) < 4.78 is 4.27. The average Bonchev–Trinajstić information content (AvgIpc) is 1.86. The Morgan fingerprint density at radius 2 is 2.67 bits per heavy atom. The standard InChI is InChI=1S/C4H5NTe/c1-4-2-6-3-5-4/h2-3H,1H3. The Balaban J connectivity index is 3.05. The van der Waals surface area contributed by atoms with Crippen molar-refractivity contribution in [1.29, 1.82) is 0 Å². The van der Waals surface area contributed by atoms with Gasteiger partial charge in [0, 0.05) is 0 Å². The van der Waals surface area contributed by atoms with Crippen molar-refractivity contribution >= 4 is 20.4 Å². The molecule has 0 aromatic carbocycles. The summed E-state index contributed by atoms with van der Waals surface area (Å²) in [5.41, 5.74) is 1.21. The minimum absolute atomic E-state index is 0.106. The minimum atomic E-state index is 0.106. The van der Waals surface area contributed by atoms with Crippen LogP contribution in [-0.4, -0.2) is 25.4 Å². The molecule has 0 fully saturated rings. The van der Waals surface area contributed by atoms with Gasteiger partial charge in [0.25, 0.3) is 0 Å². The Labute approximate surface area is 46.6 Å². The normalized spacial score (nSPS) is 8.83. The molecule has 1 rings (SSSR count). The molecule has 0 aliphatic heterocycles. The molecule has 0 N–H and O–H groups in total. The Morgan fingerprint density at radius 1 is 1.83 bits per heavy atom. The van der Waals surface area contributed by atoms with Gasteiger partial charge in [0.1, 0.15) is 0 Å². The quantitative estimate of drug-likeness (QED) is 0.547. The summed E-state index contributed by atoms with van der Waals surface area (Å²) in [6.45, 7) is 2.04. The van der Waals surface area contributed by atoms with Gasteiger partial charge in [0.15, 0.2) is 0 Å². The van der Waals surface area contributed by atoms with Crippen LogP contribution in [0.2, 0.25) is 0 Å². The molecule has 0 spiro atoms. The molecular formula is C4H5NTe. The fraction of sp³-hybridized carbons (Fsp3) is 0.250. The van der Waals surface area contributed by atoms with Gasteiger partial charge in [-0.15, -0.1) is 0 Å². The third-order valence-electron chi connectivity index (χ3n) is 0.556. The summed E-state index contributed by atoms with van der Waals surface area (Å²) in [4.78, 5) is 4.03. The predicted molar refractivity (Wildman–Crippen MR) is 25.9 cm³/mol. The molecule has 0 amide bonds. The van der Waals surface area contributed by atoms with Gasteiger partial charge in [0.2, 0.25) is 0 Å². The van der Waals surface area contributed by atoms with Gasteiger partial charge in [-0.3, -0.25) is 0 Å². The molecule has 0 saturated heterocycles. The van der Waals surface area contributed by atoms with Crippen LogP contribution < -0.4 is 0 Å². The van der Waals surface area contributed by atoms with Gasteiger partial charge < -0.3 is 0 Å². The van der Waals surface area contributed by atoms with E-state index in [0.29, 0.717) is 0 Å². The Morgan fingerprint density at radius 3 is 2.83 bits per heavy atom. The van der Waals surface area contributed by atoms with E-state index in [1.165, 1.54) is 5.69 Å². The molecule has 1 aromatic rings. The van der Waals surface area contributed by atoms with E-state index in [1.54, 1.807) is 0 Å². The second-order valence-corrected chi connectivity index (χ2v) is 3.18. The molecule has 0 bridgehead atoms. The van der Waals surface area contributed by atoms with Gasteiger partial charge in [-0.25, -0.2) is 0 Å². The summed E-state index contributed by atoms with van der Waals surface area (Å²) in [5.74, 6) is 0. The maximum atomic E-state index is 4.03. The first kappa shape index (κ1) is 4.36. The number of rotatable bonds is 0. The van der Waals surface area contributed by atoms with Gasteiger partial charge in [-0.1, -0.05) is 0 Å². The van der Waals surface area contributed by atoms with Crippen LogP contribution in [0.1, 0.15) is 5.69 Å². The molecule has 2 heteroatoms. The van der Waals surface area contributed by atoms with Crippen LogP contribution in [0.5, 0.6) is 0 Å². The molecule has 0 saturated carbocycles. The van der Waals surface area contributed by atoms with Crippen LogP contribution in [0.3, 0.4) is 0 Å². The molecule has 1 aromatic heterocycles. The van der Waals surface area contributed by atoms with Gasteiger partial charge in [-0.05, 0) is 0 Å². The Kier molecular flexibility index (Phi) is 1.29. The van der Waals surface area contributed by atoms with Crippen molar-refractivity contribution in [2.45, 2.75) is 6.92 Å². The molecule has 32 valence electrons. The van der Waals surface area contributed by atoms with Crippen LogP contribution in [0.4, 0.5) is 0 Å². The monoisotopic (exact) mass is 197 g/mol. The fourth-order valence-electron chi connectivity index (χ4n) is 0.273. The molecule has 0 radical (unpaired) electrons. The molecule has 0 atom stereocenters. The van der Waals surface area contributed by atoms with Crippen molar-refractivity contribution in [2.24, 2.45) is 0 Å². The summed E-state index contributed by atoms with van der Waals surface area (Å²) in [7, 11) is 0. The summed E-state index contributed by atoms with van der Waals surface area (Å²) in [6, 6.07) is 0. The Bertz CT molecular complexity index is 111. The molecule has 0 aliphatic rings. The number of nitrogens with zero attached hydrogens (tertiary/aromatic N) is 1. The first-order chi connectivity index (χ1) is 2.89. The first-order valence-electron chi connectivity index (χ1n) is 1.74. The van der Waals surface area contributed by atoms with E-state index in [9.17, 15) is 0 Å². The van der Waals surface area contributed by atoms with E-state index in [4.69, 9.17) is 0 Å². The van der Waals surface area contributed by atoms with Crippen LogP contribution >= 0.6 is 0 Å². The zero-order valence-corrected chi connectivity index (χ0v) is 5.84. The number of hydrogen-bond acceptors (Lipinski definition) is 1. The van der Waals surface area contributed by atoms with E-state index < -0.39 is 0 Å². The molecular weight excluding hydrogens is 190 g/mol. The zero-order chi connectivity index (χ0) is 4.41. The molecule has 1 heterocycles. The van der Waals surface area contributed by atoms with Crippen molar-refractivity contribution in [3.8, 4) is 0 Å². The summed E-state index contributed by atoms with van der Waals surface area (Å²) >= 11 is 0.106. The summed E-state index contributed by atoms with van der Waals surface area (Å²) in [5, 5.41) is 0. The third-order valence-corrected chi connectivity index (χ3v) is 2.57. The van der Waals surface area contributed by atoms with Crippen LogP contribution in [0.15, 0.2) is 8.29 Å². The number of aryl methyl sites for hydroxylation is 1. The first-order valence-corrected chi connectivity index (χ1v) is 4.43. The second-order valence-electron chi connectivity index (χ2n) is 1.13. The van der Waals surface area contributed by atoms with Crippen molar-refractivity contribution < 1.29 is 0 Å². The third kappa shape index (κ3) is 0.829. The van der Waals surface area contributed by atoms with Crippen LogP contribution in [0.25, 0.3) is 0 Å². The van der Waals surface area contributed by atoms with Gasteiger partial charge in [-0.2, -0.15) is 0 Å². The van der Waals surface area contributed by atoms with Crippen LogP contribution in [0, 0.1) is 6.92 Å². The topological polar surface area (TPSA) is 12.9 Å². The second kappa shape index (κ2) is 1.77. The van der Waals surface area contributed by atoms with E-state index in [0.717, 1.165) is 0 Å². The molecule has 0 unspecified atom stereocenters. The van der Waals surface area contributed by atoms with Gasteiger partial charge in [0.05, 0.1) is 0 Å². The van der Waals surface area contributed by atoms with Crippen molar-refractivity contribution in [2.75, 3.05) is 0 Å². The SMILES string of the molecule is Cc1c[te]cn1. The van der Waals surface area contributed by atoms with Crippen molar-refractivity contribution in [1.82, 2.24) is 4.98 Å². The van der Waals surface area contributed by atoms with Crippen molar-refractivity contribution in [3.63, 3.8) is 0 Å². The van der Waals surface area contributed by atoms with E-state index in [-0.39, 0.29) is 20.4 Å². The number of aromatic nitrogens is 1. The van der Waals surface area contributed by atoms with E-state index in [1.807, 2.05) is 11.1 Å². The van der Waals surface area contributed by atoms with E-state index in [2.05, 4.69) is 9.07 Å². The van der Waals surface area contributed by atoms with E-state index >= 15 is 0 Å². The van der Waals surface area contributed by atoms with Gasteiger partial charge >= 0.3 is 46.3 Å². The maximum absolute atomic E-state index is 4.03. The predicted octanol–water partition coefficient (Wildman–Crippen LogP) is 0.447. The zero-order valence-electron chi connectivity index (χ0n) is 3.51. The molecule has 6 heavy (non-hydrogen) atoms.